The number of amides is 3. The smallest absolute Gasteiger partial charge is 0.321 e. The molecular weight excluding hydrogens is 396 g/mol. The molecule has 1 aromatic carbocycles. The lowest BCUT2D eigenvalue weighted by Crippen LogP contribution is -2.50. The van der Waals surface area contributed by atoms with E-state index in [9.17, 15) is 14.7 Å². The summed E-state index contributed by atoms with van der Waals surface area (Å²) in [7, 11) is 0. The average molecular weight is 425 g/mol. The summed E-state index contributed by atoms with van der Waals surface area (Å²) in [5.74, 6) is 0.735. The van der Waals surface area contributed by atoms with Gasteiger partial charge in [0.25, 0.3) is 5.91 Å². The minimum atomic E-state index is -1.37. The molecule has 2 saturated heterocycles. The summed E-state index contributed by atoms with van der Waals surface area (Å²) in [6.45, 7) is 5.37. The van der Waals surface area contributed by atoms with Crippen LogP contribution in [0.2, 0.25) is 0 Å². The van der Waals surface area contributed by atoms with Crippen molar-refractivity contribution in [2.24, 2.45) is 0 Å². The molecule has 31 heavy (non-hydrogen) atoms. The number of nitrogens with one attached hydrogen (secondary N) is 1. The third-order valence-electron chi connectivity index (χ3n) is 5.69. The molecule has 4 rings (SSSR count). The van der Waals surface area contributed by atoms with Crippen LogP contribution in [0.25, 0.3) is 0 Å². The highest BCUT2D eigenvalue weighted by atomic mass is 16.5. The molecule has 3 heterocycles. The third kappa shape index (κ3) is 4.96. The number of ether oxygens (including phenoxy) is 1. The van der Waals surface area contributed by atoms with E-state index in [2.05, 4.69) is 10.3 Å². The van der Waals surface area contributed by atoms with Crippen molar-refractivity contribution >= 4 is 17.6 Å². The maximum absolute atomic E-state index is 12.4. The van der Waals surface area contributed by atoms with Crippen molar-refractivity contribution in [2.75, 3.05) is 31.5 Å². The van der Waals surface area contributed by atoms with Crippen molar-refractivity contribution in [3.05, 3.63) is 54.4 Å². The number of aliphatic hydroxyl groups is 1. The van der Waals surface area contributed by atoms with E-state index in [1.807, 2.05) is 30.5 Å². The Balaban J connectivity index is 1.24. The lowest BCUT2D eigenvalue weighted by Gasteiger charge is -2.39. The minimum Gasteiger partial charge on any atom is -0.489 e. The molecule has 0 aliphatic carbocycles. The van der Waals surface area contributed by atoms with Gasteiger partial charge in [0.15, 0.2) is 0 Å². The van der Waals surface area contributed by atoms with Gasteiger partial charge in [-0.1, -0.05) is 6.07 Å². The quantitative estimate of drug-likeness (QED) is 0.769. The molecule has 0 bridgehead atoms. The first-order chi connectivity index (χ1) is 14.8. The fourth-order valence-electron chi connectivity index (χ4n) is 3.88. The third-order valence-corrected chi connectivity index (χ3v) is 5.69. The number of benzene rings is 1. The number of rotatable bonds is 5. The van der Waals surface area contributed by atoms with Gasteiger partial charge in [0.2, 0.25) is 0 Å². The van der Waals surface area contributed by atoms with Gasteiger partial charge in [0, 0.05) is 50.1 Å². The predicted molar refractivity (Wildman–Crippen MR) is 116 cm³/mol. The Labute approximate surface area is 181 Å². The number of hydrogen-bond donors (Lipinski definition) is 2. The zero-order valence-corrected chi connectivity index (χ0v) is 17.8. The van der Waals surface area contributed by atoms with E-state index in [0.717, 1.165) is 5.56 Å². The zero-order valence-electron chi connectivity index (χ0n) is 17.8. The van der Waals surface area contributed by atoms with Crippen LogP contribution in [-0.4, -0.2) is 69.7 Å². The molecule has 0 saturated carbocycles. The van der Waals surface area contributed by atoms with Gasteiger partial charge >= 0.3 is 6.03 Å². The van der Waals surface area contributed by atoms with E-state index in [1.165, 1.54) is 13.8 Å². The van der Waals surface area contributed by atoms with E-state index < -0.39 is 5.60 Å². The van der Waals surface area contributed by atoms with Crippen molar-refractivity contribution in [1.29, 1.82) is 0 Å². The molecule has 2 fully saturated rings. The summed E-state index contributed by atoms with van der Waals surface area (Å²) in [6.07, 6.45) is 4.20. The largest absolute Gasteiger partial charge is 0.489 e. The van der Waals surface area contributed by atoms with Crippen molar-refractivity contribution in [2.45, 2.75) is 37.9 Å². The van der Waals surface area contributed by atoms with E-state index >= 15 is 0 Å². The standard InChI is InChI=1S/C23H28N4O4/c1-23(2,30)21(28)26-11-9-20(15-26)31-19-7-5-18(6-8-19)25-22(29)27-13-17(14-27)16-4-3-10-24-12-16/h3-8,10,12,17,20,30H,9,11,13-15H2,1-2H3,(H,25,29)/t20-/m1/s1. The zero-order chi connectivity index (χ0) is 22.0. The van der Waals surface area contributed by atoms with Gasteiger partial charge in [-0.15, -0.1) is 0 Å². The molecule has 8 heteroatoms. The molecule has 2 aromatic rings. The van der Waals surface area contributed by atoms with Gasteiger partial charge in [0.05, 0.1) is 6.54 Å². The SMILES string of the molecule is CC(C)(O)C(=O)N1CC[C@@H](Oc2ccc(NC(=O)N3CC(c4cccnc4)C3)cc2)C1. The minimum absolute atomic E-state index is 0.114. The number of urea groups is 1. The lowest BCUT2D eigenvalue weighted by molar-refractivity contribution is -0.146. The molecule has 0 unspecified atom stereocenters. The highest BCUT2D eigenvalue weighted by Crippen LogP contribution is 2.27. The Morgan fingerprint density at radius 3 is 2.52 bits per heavy atom. The topological polar surface area (TPSA) is 95.0 Å². The summed E-state index contributed by atoms with van der Waals surface area (Å²) >= 11 is 0. The molecule has 2 aliphatic rings. The Kier molecular flexibility index (Phi) is 5.82. The Hall–Kier alpha value is -3.13. The molecule has 1 atom stereocenters. The molecule has 0 spiro atoms. The highest BCUT2D eigenvalue weighted by Gasteiger charge is 2.35. The Morgan fingerprint density at radius 2 is 1.87 bits per heavy atom. The van der Waals surface area contributed by atoms with Crippen molar-refractivity contribution in [3.8, 4) is 5.75 Å². The second kappa shape index (κ2) is 8.55. The van der Waals surface area contributed by atoms with Crippen molar-refractivity contribution in [1.82, 2.24) is 14.8 Å². The van der Waals surface area contributed by atoms with Crippen LogP contribution in [0.1, 0.15) is 31.7 Å². The van der Waals surface area contributed by atoms with Crippen LogP contribution < -0.4 is 10.1 Å². The highest BCUT2D eigenvalue weighted by molar-refractivity contribution is 5.90. The molecule has 0 radical (unpaired) electrons. The molecule has 2 aliphatic heterocycles. The van der Waals surface area contributed by atoms with E-state index in [1.54, 1.807) is 28.1 Å². The fourth-order valence-corrected chi connectivity index (χ4v) is 3.88. The second-order valence-electron chi connectivity index (χ2n) is 8.68. The second-order valence-corrected chi connectivity index (χ2v) is 8.68. The summed E-state index contributed by atoms with van der Waals surface area (Å²) < 4.78 is 5.97. The number of anilines is 1. The van der Waals surface area contributed by atoms with Gasteiger partial charge in [0.1, 0.15) is 17.5 Å². The number of aromatic nitrogens is 1. The average Bonchev–Trinajstić information content (AvgIpc) is 3.16. The number of carbonyl (C=O) groups is 2. The van der Waals surface area contributed by atoms with Crippen LogP contribution in [0.3, 0.4) is 0 Å². The van der Waals surface area contributed by atoms with Crippen LogP contribution >= 0.6 is 0 Å². The Bertz CT molecular complexity index is 921. The summed E-state index contributed by atoms with van der Waals surface area (Å²) in [5.41, 5.74) is 0.485. The number of carbonyl (C=O) groups excluding carboxylic acids is 2. The van der Waals surface area contributed by atoms with Gasteiger partial charge in [-0.05, 0) is 49.7 Å². The van der Waals surface area contributed by atoms with Crippen molar-refractivity contribution in [3.63, 3.8) is 0 Å². The number of likely N-dealkylation sites (tertiary alicyclic amines) is 2. The molecule has 3 amide bonds. The van der Waals surface area contributed by atoms with E-state index in [-0.39, 0.29) is 18.0 Å². The number of pyridine rings is 1. The summed E-state index contributed by atoms with van der Waals surface area (Å²) in [6, 6.07) is 11.1. The number of hydrogen-bond acceptors (Lipinski definition) is 5. The van der Waals surface area contributed by atoms with Gasteiger partial charge in [-0.2, -0.15) is 0 Å². The van der Waals surface area contributed by atoms with Crippen LogP contribution in [-0.2, 0) is 4.79 Å². The molecule has 2 N–H and O–H groups in total. The molecule has 8 nitrogen and oxygen atoms in total. The molecular formula is C23H28N4O4. The van der Waals surface area contributed by atoms with Gasteiger partial charge in [-0.3, -0.25) is 9.78 Å². The fraction of sp³-hybridized carbons (Fsp3) is 0.435. The van der Waals surface area contributed by atoms with E-state index in [4.69, 9.17) is 4.74 Å². The maximum Gasteiger partial charge on any atom is 0.321 e. The maximum atomic E-state index is 12.4. The monoisotopic (exact) mass is 424 g/mol. The first kappa shape index (κ1) is 21.1. The number of nitrogens with zero attached hydrogens (tertiary/aromatic N) is 3. The lowest BCUT2D eigenvalue weighted by atomic mass is 9.93. The van der Waals surface area contributed by atoms with Crippen LogP contribution in [0.5, 0.6) is 5.75 Å². The first-order valence-corrected chi connectivity index (χ1v) is 10.5. The first-order valence-electron chi connectivity index (χ1n) is 10.5. The van der Waals surface area contributed by atoms with Crippen LogP contribution in [0, 0.1) is 0 Å². The van der Waals surface area contributed by atoms with Gasteiger partial charge < -0.3 is 25.0 Å². The van der Waals surface area contributed by atoms with Gasteiger partial charge in [-0.25, -0.2) is 4.79 Å². The van der Waals surface area contributed by atoms with Crippen LogP contribution in [0.4, 0.5) is 10.5 Å². The van der Waals surface area contributed by atoms with Crippen LogP contribution in [0.15, 0.2) is 48.8 Å². The predicted octanol–water partition coefficient (Wildman–Crippen LogP) is 2.46. The molecule has 1 aromatic heterocycles. The molecule has 164 valence electrons. The normalized spacial score (nSPS) is 19.1. The Morgan fingerprint density at radius 1 is 1.13 bits per heavy atom. The van der Waals surface area contributed by atoms with E-state index in [0.29, 0.717) is 50.0 Å². The summed E-state index contributed by atoms with van der Waals surface area (Å²) in [4.78, 5) is 32.1. The summed E-state index contributed by atoms with van der Waals surface area (Å²) in [5, 5.41) is 12.8. The van der Waals surface area contributed by atoms with Crippen molar-refractivity contribution < 1.29 is 19.4 Å².